The van der Waals surface area contributed by atoms with E-state index in [1.165, 1.54) is 10.6 Å². The molecule has 0 spiro atoms. The first-order valence-corrected chi connectivity index (χ1v) is 10.3. The van der Waals surface area contributed by atoms with Crippen molar-refractivity contribution in [3.05, 3.63) is 33.8 Å². The quantitative estimate of drug-likeness (QED) is 0.355. The number of benzene rings is 1. The van der Waals surface area contributed by atoms with E-state index in [0.717, 1.165) is 18.4 Å². The summed E-state index contributed by atoms with van der Waals surface area (Å²) in [5.74, 6) is 0.258. The molecule has 0 radical (unpaired) electrons. The molecule has 6 nitrogen and oxygen atoms in total. The Bertz CT molecular complexity index is 730. The number of nitrogens with one attached hydrogen (secondary N) is 1. The van der Waals surface area contributed by atoms with Gasteiger partial charge in [-0.15, -0.1) is 24.0 Å². The monoisotopic (exact) mass is 520 g/mol. The minimum Gasteiger partial charge on any atom is -0.370 e. The molecule has 1 aromatic carbocycles. The highest BCUT2D eigenvalue weighted by molar-refractivity contribution is 14.0. The van der Waals surface area contributed by atoms with Crippen LogP contribution >= 0.6 is 47.2 Å². The second-order valence-corrected chi connectivity index (χ2v) is 8.71. The molecule has 1 fully saturated rings. The van der Waals surface area contributed by atoms with Crippen LogP contribution in [0.4, 0.5) is 0 Å². The van der Waals surface area contributed by atoms with Crippen molar-refractivity contribution >= 4 is 63.2 Å². The van der Waals surface area contributed by atoms with Gasteiger partial charge in [0.25, 0.3) is 0 Å². The minimum atomic E-state index is -3.20. The van der Waals surface area contributed by atoms with Crippen molar-refractivity contribution in [2.45, 2.75) is 31.8 Å². The zero-order chi connectivity index (χ0) is 17.9. The summed E-state index contributed by atoms with van der Waals surface area (Å²) < 4.78 is 24.9. The minimum absolute atomic E-state index is 0. The SMILES string of the molecule is CC(NC(N)=NC[C@H]1CCCN1S(C)(=O)=O)c1ccc(Cl)cc1Cl.I. The molecule has 0 saturated carbocycles. The van der Waals surface area contributed by atoms with Gasteiger partial charge in [0.15, 0.2) is 5.96 Å². The summed E-state index contributed by atoms with van der Waals surface area (Å²) in [5.41, 5.74) is 6.79. The van der Waals surface area contributed by atoms with Crippen LogP contribution in [0, 0.1) is 0 Å². The summed E-state index contributed by atoms with van der Waals surface area (Å²) in [6.45, 7) is 2.80. The Kier molecular flexibility index (Phi) is 8.73. The van der Waals surface area contributed by atoms with Crippen LogP contribution in [0.5, 0.6) is 0 Å². The fourth-order valence-corrected chi connectivity index (χ4v) is 4.58. The van der Waals surface area contributed by atoms with Gasteiger partial charge in [-0.1, -0.05) is 29.3 Å². The van der Waals surface area contributed by atoms with E-state index in [9.17, 15) is 8.42 Å². The zero-order valence-corrected chi connectivity index (χ0v) is 18.7. The number of halogens is 3. The van der Waals surface area contributed by atoms with Gasteiger partial charge in [0.2, 0.25) is 10.0 Å². The van der Waals surface area contributed by atoms with Gasteiger partial charge in [-0.05, 0) is 37.5 Å². The summed E-state index contributed by atoms with van der Waals surface area (Å²) in [6.07, 6.45) is 2.86. The fraction of sp³-hybridized carbons (Fsp3) is 0.533. The summed E-state index contributed by atoms with van der Waals surface area (Å²) >= 11 is 12.1. The molecule has 0 aliphatic carbocycles. The van der Waals surface area contributed by atoms with Crippen LogP contribution in [0.2, 0.25) is 10.0 Å². The van der Waals surface area contributed by atoms with E-state index in [2.05, 4.69) is 10.3 Å². The normalized spacial score (nSPS) is 20.2. The molecule has 1 unspecified atom stereocenters. The van der Waals surface area contributed by atoms with Crippen molar-refractivity contribution in [1.82, 2.24) is 9.62 Å². The summed E-state index contributed by atoms with van der Waals surface area (Å²) in [5, 5.41) is 4.19. The van der Waals surface area contributed by atoms with Gasteiger partial charge < -0.3 is 11.1 Å². The maximum absolute atomic E-state index is 11.7. The van der Waals surface area contributed by atoms with Crippen LogP contribution in [0.15, 0.2) is 23.2 Å². The van der Waals surface area contributed by atoms with Gasteiger partial charge in [0.05, 0.1) is 18.8 Å². The van der Waals surface area contributed by atoms with Crippen molar-refractivity contribution in [2.24, 2.45) is 10.7 Å². The first-order chi connectivity index (χ1) is 11.2. The second kappa shape index (κ2) is 9.59. The van der Waals surface area contributed by atoms with Crippen LogP contribution < -0.4 is 11.1 Å². The number of aliphatic imine (C=N–C) groups is 1. The maximum Gasteiger partial charge on any atom is 0.211 e. The number of hydrogen-bond acceptors (Lipinski definition) is 3. The molecule has 2 rings (SSSR count). The Morgan fingerprint density at radius 2 is 2.16 bits per heavy atom. The molecule has 1 aromatic rings. The first-order valence-electron chi connectivity index (χ1n) is 7.66. The lowest BCUT2D eigenvalue weighted by Gasteiger charge is -2.21. The van der Waals surface area contributed by atoms with E-state index in [0.29, 0.717) is 23.1 Å². The van der Waals surface area contributed by atoms with Gasteiger partial charge in [-0.2, -0.15) is 4.31 Å². The third kappa shape index (κ3) is 6.42. The van der Waals surface area contributed by atoms with Crippen molar-refractivity contribution < 1.29 is 8.42 Å². The third-order valence-electron chi connectivity index (χ3n) is 4.01. The second-order valence-electron chi connectivity index (χ2n) is 5.93. The van der Waals surface area contributed by atoms with Gasteiger partial charge in [0, 0.05) is 22.6 Å². The molecule has 1 heterocycles. The Morgan fingerprint density at radius 1 is 1.48 bits per heavy atom. The number of guanidine groups is 1. The highest BCUT2D eigenvalue weighted by Crippen LogP contribution is 2.26. The maximum atomic E-state index is 11.7. The van der Waals surface area contributed by atoms with E-state index in [4.69, 9.17) is 28.9 Å². The highest BCUT2D eigenvalue weighted by Gasteiger charge is 2.31. The summed E-state index contributed by atoms with van der Waals surface area (Å²) in [4.78, 5) is 4.29. The lowest BCUT2D eigenvalue weighted by Crippen LogP contribution is -2.39. The predicted molar refractivity (Wildman–Crippen MR) is 114 cm³/mol. The fourth-order valence-electron chi connectivity index (χ4n) is 2.83. The molecule has 1 aliphatic heterocycles. The van der Waals surface area contributed by atoms with Crippen molar-refractivity contribution in [3.63, 3.8) is 0 Å². The van der Waals surface area contributed by atoms with E-state index in [-0.39, 0.29) is 42.0 Å². The molecule has 1 aliphatic rings. The van der Waals surface area contributed by atoms with Crippen molar-refractivity contribution in [3.8, 4) is 0 Å². The number of rotatable bonds is 5. The smallest absolute Gasteiger partial charge is 0.211 e. The van der Waals surface area contributed by atoms with Crippen LogP contribution in [-0.4, -0.2) is 44.1 Å². The van der Waals surface area contributed by atoms with Gasteiger partial charge in [0.1, 0.15) is 0 Å². The predicted octanol–water partition coefficient (Wildman–Crippen LogP) is 3.00. The first kappa shape index (κ1) is 22.8. The standard InChI is InChI=1S/C15H22Cl2N4O2S.HI/c1-10(13-6-5-11(16)8-14(13)17)20-15(18)19-9-12-4-3-7-21(12)24(2,22)23;/h5-6,8,10,12H,3-4,7,9H2,1-2H3,(H3,18,19,20);1H/t10?,12-;/m1./s1. The summed E-state index contributed by atoms with van der Waals surface area (Å²) in [6, 6.07) is 4.99. The average molecular weight is 521 g/mol. The molecular formula is C15H23Cl2IN4O2S. The van der Waals surface area contributed by atoms with Crippen LogP contribution in [-0.2, 0) is 10.0 Å². The lowest BCUT2D eigenvalue weighted by atomic mass is 10.1. The van der Waals surface area contributed by atoms with Gasteiger partial charge in [-0.25, -0.2) is 8.42 Å². The Morgan fingerprint density at radius 3 is 2.76 bits per heavy atom. The molecule has 0 amide bonds. The van der Waals surface area contributed by atoms with Crippen LogP contribution in [0.1, 0.15) is 31.4 Å². The van der Waals surface area contributed by atoms with E-state index >= 15 is 0 Å². The van der Waals surface area contributed by atoms with E-state index in [1.54, 1.807) is 12.1 Å². The number of nitrogens with zero attached hydrogens (tertiary/aromatic N) is 2. The molecule has 2 atom stereocenters. The highest BCUT2D eigenvalue weighted by atomic mass is 127. The molecule has 3 N–H and O–H groups in total. The Hall–Kier alpha value is -0.290. The zero-order valence-electron chi connectivity index (χ0n) is 14.1. The summed E-state index contributed by atoms with van der Waals surface area (Å²) in [7, 11) is -3.20. The van der Waals surface area contributed by atoms with E-state index in [1.807, 2.05) is 13.0 Å². The molecule has 142 valence electrons. The molecular weight excluding hydrogens is 498 g/mol. The van der Waals surface area contributed by atoms with Crippen LogP contribution in [0.25, 0.3) is 0 Å². The molecule has 0 aromatic heterocycles. The number of nitrogens with two attached hydrogens (primary N) is 1. The third-order valence-corrected chi connectivity index (χ3v) is 5.91. The lowest BCUT2D eigenvalue weighted by molar-refractivity contribution is 0.396. The molecule has 0 bridgehead atoms. The van der Waals surface area contributed by atoms with Gasteiger partial charge >= 0.3 is 0 Å². The Balaban J connectivity index is 0.00000312. The average Bonchev–Trinajstić information content (AvgIpc) is 2.93. The largest absolute Gasteiger partial charge is 0.370 e. The Labute approximate surface area is 176 Å². The molecule has 10 heteroatoms. The van der Waals surface area contributed by atoms with E-state index < -0.39 is 10.0 Å². The van der Waals surface area contributed by atoms with Crippen molar-refractivity contribution in [1.29, 1.82) is 0 Å². The van der Waals surface area contributed by atoms with Gasteiger partial charge in [-0.3, -0.25) is 4.99 Å². The number of sulfonamides is 1. The number of hydrogen-bond donors (Lipinski definition) is 2. The topological polar surface area (TPSA) is 87.8 Å². The molecule has 25 heavy (non-hydrogen) atoms. The van der Waals surface area contributed by atoms with Crippen molar-refractivity contribution in [2.75, 3.05) is 19.3 Å². The van der Waals surface area contributed by atoms with Crippen LogP contribution in [0.3, 0.4) is 0 Å². The molecule has 1 saturated heterocycles.